The van der Waals surface area contributed by atoms with E-state index in [2.05, 4.69) is 20.3 Å². The molecule has 2 aromatic heterocycles. The summed E-state index contributed by atoms with van der Waals surface area (Å²) in [7, 11) is 0. The topological polar surface area (TPSA) is 72.2 Å². The first-order valence-electron chi connectivity index (χ1n) is 6.76. The molecule has 7 heteroatoms. The second kappa shape index (κ2) is 5.73. The minimum Gasteiger partial charge on any atom is -0.351 e. The third kappa shape index (κ3) is 2.92. The summed E-state index contributed by atoms with van der Waals surface area (Å²) in [6, 6.07) is 8.92. The summed E-state index contributed by atoms with van der Waals surface area (Å²) in [5.41, 5.74) is 1.45. The Bertz CT molecular complexity index is 884. The van der Waals surface area contributed by atoms with E-state index in [0.717, 1.165) is 5.56 Å². The molecule has 0 spiro atoms. The van der Waals surface area contributed by atoms with Crippen LogP contribution >= 0.6 is 11.6 Å². The number of hydrogen-bond acceptors (Lipinski definition) is 5. The standard InChI is InChI=1S/C15H14ClN5O/c1-9-7-13(22)21-14(19-10(2)20-15(21)18-9)17-8-11-3-5-12(16)6-4-11/h3-7H,8H2,1-2H3,(H,17,18,19,20). The van der Waals surface area contributed by atoms with Crippen LogP contribution in [0.25, 0.3) is 5.78 Å². The van der Waals surface area contributed by atoms with E-state index in [9.17, 15) is 4.79 Å². The van der Waals surface area contributed by atoms with Crippen molar-refractivity contribution in [2.75, 3.05) is 5.32 Å². The maximum absolute atomic E-state index is 12.2. The summed E-state index contributed by atoms with van der Waals surface area (Å²) >= 11 is 5.87. The molecule has 1 aromatic carbocycles. The second-order valence-corrected chi connectivity index (χ2v) is 5.38. The minimum absolute atomic E-state index is 0.207. The van der Waals surface area contributed by atoms with Gasteiger partial charge in [-0.15, -0.1) is 0 Å². The molecule has 22 heavy (non-hydrogen) atoms. The van der Waals surface area contributed by atoms with Gasteiger partial charge in [0.1, 0.15) is 5.82 Å². The number of nitrogens with zero attached hydrogens (tertiary/aromatic N) is 4. The molecule has 0 aliphatic heterocycles. The molecular formula is C15H14ClN5O. The van der Waals surface area contributed by atoms with Crippen molar-refractivity contribution in [2.45, 2.75) is 20.4 Å². The fraction of sp³-hybridized carbons (Fsp3) is 0.200. The molecule has 0 radical (unpaired) electrons. The molecule has 1 N–H and O–H groups in total. The zero-order valence-electron chi connectivity index (χ0n) is 12.2. The largest absolute Gasteiger partial charge is 0.351 e. The predicted molar refractivity (Wildman–Crippen MR) is 85.3 cm³/mol. The minimum atomic E-state index is -0.207. The average molecular weight is 316 g/mol. The van der Waals surface area contributed by atoms with E-state index in [4.69, 9.17) is 11.6 Å². The SMILES string of the molecule is Cc1cc(=O)n2c(NCc3ccc(Cl)cc3)nc(C)nc2n1. The summed E-state index contributed by atoms with van der Waals surface area (Å²) in [6.07, 6.45) is 0. The van der Waals surface area contributed by atoms with E-state index in [-0.39, 0.29) is 5.56 Å². The van der Waals surface area contributed by atoms with Crippen molar-refractivity contribution in [3.63, 3.8) is 0 Å². The van der Waals surface area contributed by atoms with Crippen LogP contribution in [-0.2, 0) is 6.54 Å². The highest BCUT2D eigenvalue weighted by Crippen LogP contribution is 2.11. The third-order valence-electron chi connectivity index (χ3n) is 3.13. The highest BCUT2D eigenvalue weighted by molar-refractivity contribution is 6.30. The molecule has 0 saturated heterocycles. The van der Waals surface area contributed by atoms with Crippen molar-refractivity contribution < 1.29 is 0 Å². The zero-order chi connectivity index (χ0) is 15.7. The first-order valence-corrected chi connectivity index (χ1v) is 7.14. The van der Waals surface area contributed by atoms with Crippen LogP contribution in [0.1, 0.15) is 17.1 Å². The number of benzene rings is 1. The van der Waals surface area contributed by atoms with Gasteiger partial charge >= 0.3 is 0 Å². The summed E-state index contributed by atoms with van der Waals surface area (Å²) in [4.78, 5) is 25.0. The Morgan fingerprint density at radius 3 is 2.59 bits per heavy atom. The van der Waals surface area contributed by atoms with Gasteiger partial charge in [0.25, 0.3) is 5.56 Å². The molecule has 3 aromatic rings. The first-order chi connectivity index (χ1) is 10.5. The summed E-state index contributed by atoms with van der Waals surface area (Å²) in [5, 5.41) is 3.84. The van der Waals surface area contributed by atoms with Crippen molar-refractivity contribution >= 4 is 23.3 Å². The van der Waals surface area contributed by atoms with Gasteiger partial charge in [-0.1, -0.05) is 23.7 Å². The lowest BCUT2D eigenvalue weighted by molar-refractivity contribution is 0.882. The van der Waals surface area contributed by atoms with Crippen LogP contribution in [-0.4, -0.2) is 19.4 Å². The van der Waals surface area contributed by atoms with E-state index in [0.29, 0.717) is 34.8 Å². The van der Waals surface area contributed by atoms with E-state index < -0.39 is 0 Å². The maximum atomic E-state index is 12.2. The van der Waals surface area contributed by atoms with Gasteiger partial charge in [-0.3, -0.25) is 4.79 Å². The van der Waals surface area contributed by atoms with Crippen LogP contribution in [0.15, 0.2) is 35.1 Å². The van der Waals surface area contributed by atoms with Crippen LogP contribution in [0, 0.1) is 13.8 Å². The van der Waals surface area contributed by atoms with Crippen LogP contribution in [0.2, 0.25) is 5.02 Å². The lowest BCUT2D eigenvalue weighted by Crippen LogP contribution is -2.21. The number of fused-ring (bicyclic) bond motifs is 1. The van der Waals surface area contributed by atoms with Crippen LogP contribution in [0.4, 0.5) is 5.95 Å². The van der Waals surface area contributed by atoms with Crippen molar-refractivity contribution in [3.8, 4) is 0 Å². The smallest absolute Gasteiger partial charge is 0.262 e. The number of anilines is 1. The molecule has 0 bridgehead atoms. The monoisotopic (exact) mass is 315 g/mol. The third-order valence-corrected chi connectivity index (χ3v) is 3.39. The Labute approximate surface area is 131 Å². The van der Waals surface area contributed by atoms with Crippen LogP contribution in [0.5, 0.6) is 0 Å². The molecule has 0 fully saturated rings. The Morgan fingerprint density at radius 1 is 1.14 bits per heavy atom. The molecule has 3 rings (SSSR count). The molecule has 6 nitrogen and oxygen atoms in total. The molecule has 2 heterocycles. The number of hydrogen-bond donors (Lipinski definition) is 1. The van der Waals surface area contributed by atoms with Gasteiger partial charge in [0.2, 0.25) is 11.7 Å². The van der Waals surface area contributed by atoms with E-state index in [1.807, 2.05) is 24.3 Å². The number of aryl methyl sites for hydroxylation is 2. The van der Waals surface area contributed by atoms with Gasteiger partial charge in [-0.05, 0) is 31.5 Å². The lowest BCUT2D eigenvalue weighted by Gasteiger charge is -2.10. The highest BCUT2D eigenvalue weighted by atomic mass is 35.5. The molecule has 0 unspecified atom stereocenters. The number of rotatable bonds is 3. The van der Waals surface area contributed by atoms with E-state index in [1.165, 1.54) is 10.5 Å². The number of nitrogens with one attached hydrogen (secondary N) is 1. The number of aromatic nitrogens is 4. The molecule has 0 saturated carbocycles. The zero-order valence-corrected chi connectivity index (χ0v) is 12.9. The quantitative estimate of drug-likeness (QED) is 0.803. The molecule has 0 amide bonds. The van der Waals surface area contributed by atoms with Crippen LogP contribution < -0.4 is 10.9 Å². The van der Waals surface area contributed by atoms with Gasteiger partial charge in [0, 0.05) is 23.3 Å². The molecule has 112 valence electrons. The average Bonchev–Trinajstić information content (AvgIpc) is 2.45. The fourth-order valence-corrected chi connectivity index (χ4v) is 2.26. The van der Waals surface area contributed by atoms with E-state index >= 15 is 0 Å². The van der Waals surface area contributed by atoms with Gasteiger partial charge in [0.05, 0.1) is 0 Å². The van der Waals surface area contributed by atoms with Gasteiger partial charge in [-0.2, -0.15) is 9.97 Å². The van der Waals surface area contributed by atoms with Crippen molar-refractivity contribution in [2.24, 2.45) is 0 Å². The first kappa shape index (κ1) is 14.5. The molecule has 0 atom stereocenters. The fourth-order valence-electron chi connectivity index (χ4n) is 2.13. The molecule has 0 aliphatic carbocycles. The van der Waals surface area contributed by atoms with Gasteiger partial charge < -0.3 is 5.32 Å². The van der Waals surface area contributed by atoms with Gasteiger partial charge in [-0.25, -0.2) is 9.38 Å². The van der Waals surface area contributed by atoms with Crippen molar-refractivity contribution in [1.29, 1.82) is 0 Å². The summed E-state index contributed by atoms with van der Waals surface area (Å²) in [6.45, 7) is 4.05. The van der Waals surface area contributed by atoms with Crippen molar-refractivity contribution in [1.82, 2.24) is 19.4 Å². The van der Waals surface area contributed by atoms with E-state index in [1.54, 1.807) is 13.8 Å². The predicted octanol–water partition coefficient (Wildman–Crippen LogP) is 2.37. The van der Waals surface area contributed by atoms with Crippen LogP contribution in [0.3, 0.4) is 0 Å². The Hall–Kier alpha value is -2.47. The Balaban J connectivity index is 1.99. The lowest BCUT2D eigenvalue weighted by atomic mass is 10.2. The Morgan fingerprint density at radius 2 is 1.86 bits per heavy atom. The second-order valence-electron chi connectivity index (χ2n) is 4.95. The summed E-state index contributed by atoms with van der Waals surface area (Å²) < 4.78 is 1.37. The normalized spacial score (nSPS) is 10.9. The highest BCUT2D eigenvalue weighted by Gasteiger charge is 2.09. The molecular weight excluding hydrogens is 302 g/mol. The molecule has 0 aliphatic rings. The maximum Gasteiger partial charge on any atom is 0.262 e. The number of halogens is 1. The van der Waals surface area contributed by atoms with Gasteiger partial charge in [0.15, 0.2) is 0 Å². The summed E-state index contributed by atoms with van der Waals surface area (Å²) in [5.74, 6) is 1.32. The van der Waals surface area contributed by atoms with Crippen molar-refractivity contribution in [3.05, 3.63) is 62.8 Å². The Kier molecular flexibility index (Phi) is 3.77.